The fourth-order valence-corrected chi connectivity index (χ4v) is 2.99. The number of H-pyrrole nitrogens is 1. The highest BCUT2D eigenvalue weighted by atomic mass is 32.1. The molecule has 2 aromatic heterocycles. The normalized spacial score (nSPS) is 10.7. The molecule has 21 heavy (non-hydrogen) atoms. The molecule has 106 valence electrons. The maximum atomic E-state index is 12.2. The second-order valence-corrected chi connectivity index (χ2v) is 6.17. The Hall–Kier alpha value is -2.40. The second kappa shape index (κ2) is 5.54. The summed E-state index contributed by atoms with van der Waals surface area (Å²) >= 11 is 1.63. The molecule has 1 amide bonds. The van der Waals surface area contributed by atoms with E-state index in [1.807, 2.05) is 43.3 Å². The molecule has 3 rings (SSSR count). The van der Waals surface area contributed by atoms with Gasteiger partial charge in [-0.1, -0.05) is 18.2 Å². The highest BCUT2D eigenvalue weighted by Gasteiger charge is 2.11. The van der Waals surface area contributed by atoms with Crippen molar-refractivity contribution in [3.63, 3.8) is 0 Å². The minimum Gasteiger partial charge on any atom is -0.347 e. The first-order valence-corrected chi connectivity index (χ1v) is 7.41. The maximum Gasteiger partial charge on any atom is 0.261 e. The fraction of sp³-hybridized carbons (Fsp3) is 0.125. The van der Waals surface area contributed by atoms with Gasteiger partial charge in [0.15, 0.2) is 0 Å². The summed E-state index contributed by atoms with van der Waals surface area (Å²) in [6.07, 6.45) is 0. The average Bonchev–Trinajstić information content (AvgIpc) is 2.89. The van der Waals surface area contributed by atoms with Crippen LogP contribution in [0.4, 0.5) is 0 Å². The SMILES string of the molecule is Cc1ccc(CNC(=O)c2cc3ccccc3[nH]c2=O)s1. The summed E-state index contributed by atoms with van der Waals surface area (Å²) in [6.45, 7) is 2.45. The zero-order valence-corrected chi connectivity index (χ0v) is 12.3. The number of para-hydroxylation sites is 1. The van der Waals surface area contributed by atoms with Gasteiger partial charge in [-0.15, -0.1) is 11.3 Å². The summed E-state index contributed by atoms with van der Waals surface area (Å²) in [5.74, 6) is -0.354. The summed E-state index contributed by atoms with van der Waals surface area (Å²) < 4.78 is 0. The van der Waals surface area contributed by atoms with Crippen LogP contribution < -0.4 is 10.9 Å². The number of aryl methyl sites for hydroxylation is 1. The van der Waals surface area contributed by atoms with E-state index in [4.69, 9.17) is 0 Å². The number of benzene rings is 1. The molecule has 5 heteroatoms. The smallest absolute Gasteiger partial charge is 0.261 e. The van der Waals surface area contributed by atoms with E-state index in [1.54, 1.807) is 17.4 Å². The first kappa shape index (κ1) is 13.6. The van der Waals surface area contributed by atoms with Crippen molar-refractivity contribution >= 4 is 28.1 Å². The van der Waals surface area contributed by atoms with Crippen LogP contribution in [0.2, 0.25) is 0 Å². The lowest BCUT2D eigenvalue weighted by molar-refractivity contribution is 0.0950. The summed E-state index contributed by atoms with van der Waals surface area (Å²) in [5, 5.41) is 3.63. The highest BCUT2D eigenvalue weighted by molar-refractivity contribution is 7.11. The van der Waals surface area contributed by atoms with Crippen molar-refractivity contribution in [3.8, 4) is 0 Å². The Bertz CT molecular complexity index is 864. The third kappa shape index (κ3) is 2.87. The Labute approximate surface area is 125 Å². The van der Waals surface area contributed by atoms with Crippen molar-refractivity contribution < 1.29 is 4.79 Å². The van der Waals surface area contributed by atoms with Crippen molar-refractivity contribution in [2.45, 2.75) is 13.5 Å². The number of nitrogens with one attached hydrogen (secondary N) is 2. The molecule has 2 N–H and O–H groups in total. The highest BCUT2D eigenvalue weighted by Crippen LogP contribution is 2.15. The zero-order valence-electron chi connectivity index (χ0n) is 11.5. The number of pyridine rings is 1. The third-order valence-electron chi connectivity index (χ3n) is 3.22. The van der Waals surface area contributed by atoms with Crippen LogP contribution in [-0.4, -0.2) is 10.9 Å². The molecule has 0 bridgehead atoms. The van der Waals surface area contributed by atoms with Crippen LogP contribution in [0.15, 0.2) is 47.3 Å². The summed E-state index contributed by atoms with van der Waals surface area (Å²) in [4.78, 5) is 29.1. The van der Waals surface area contributed by atoms with E-state index in [9.17, 15) is 9.59 Å². The van der Waals surface area contributed by atoms with Gasteiger partial charge < -0.3 is 10.3 Å². The zero-order chi connectivity index (χ0) is 14.8. The number of carbonyl (C=O) groups is 1. The maximum absolute atomic E-state index is 12.2. The minimum absolute atomic E-state index is 0.141. The van der Waals surface area contributed by atoms with Gasteiger partial charge in [-0.05, 0) is 36.6 Å². The van der Waals surface area contributed by atoms with Crippen LogP contribution in [0.1, 0.15) is 20.1 Å². The monoisotopic (exact) mass is 298 g/mol. The molecular formula is C16H14N2O2S. The second-order valence-electron chi connectivity index (χ2n) is 4.79. The largest absolute Gasteiger partial charge is 0.347 e. The van der Waals surface area contributed by atoms with Crippen molar-refractivity contribution in [1.29, 1.82) is 0 Å². The van der Waals surface area contributed by atoms with Crippen LogP contribution in [0.3, 0.4) is 0 Å². The molecule has 0 radical (unpaired) electrons. The van der Waals surface area contributed by atoms with Gasteiger partial charge in [-0.3, -0.25) is 9.59 Å². The first-order chi connectivity index (χ1) is 10.1. The van der Waals surface area contributed by atoms with E-state index in [2.05, 4.69) is 10.3 Å². The Balaban J connectivity index is 1.84. The molecule has 2 heterocycles. The topological polar surface area (TPSA) is 62.0 Å². The predicted molar refractivity (Wildman–Crippen MR) is 84.8 cm³/mol. The van der Waals surface area contributed by atoms with Gasteiger partial charge in [-0.2, -0.15) is 0 Å². The Kier molecular flexibility index (Phi) is 3.58. The van der Waals surface area contributed by atoms with E-state index in [0.29, 0.717) is 6.54 Å². The predicted octanol–water partition coefficient (Wildman–Crippen LogP) is 2.83. The van der Waals surface area contributed by atoms with Crippen molar-refractivity contribution in [1.82, 2.24) is 10.3 Å². The van der Waals surface area contributed by atoms with Crippen LogP contribution in [0.5, 0.6) is 0 Å². The molecule has 0 aliphatic heterocycles. The molecule has 0 aliphatic rings. The number of aromatic amines is 1. The number of aromatic nitrogens is 1. The van der Waals surface area contributed by atoms with Crippen LogP contribution in [0, 0.1) is 6.92 Å². The van der Waals surface area contributed by atoms with Gasteiger partial charge in [0.05, 0.1) is 6.54 Å². The average molecular weight is 298 g/mol. The van der Waals surface area contributed by atoms with E-state index >= 15 is 0 Å². The molecule has 0 atom stereocenters. The lowest BCUT2D eigenvalue weighted by atomic mass is 10.1. The Morgan fingerprint density at radius 1 is 1.24 bits per heavy atom. The van der Waals surface area contributed by atoms with Crippen molar-refractivity contribution in [2.75, 3.05) is 0 Å². The molecule has 0 saturated carbocycles. The number of rotatable bonds is 3. The van der Waals surface area contributed by atoms with E-state index in [-0.39, 0.29) is 17.0 Å². The van der Waals surface area contributed by atoms with Crippen molar-refractivity contribution in [2.24, 2.45) is 0 Å². The molecule has 1 aromatic carbocycles. The van der Waals surface area contributed by atoms with Gasteiger partial charge in [0, 0.05) is 15.3 Å². The first-order valence-electron chi connectivity index (χ1n) is 6.59. The van der Waals surface area contributed by atoms with Crippen molar-refractivity contribution in [3.05, 3.63) is 68.1 Å². The third-order valence-corrected chi connectivity index (χ3v) is 4.22. The number of hydrogen-bond acceptors (Lipinski definition) is 3. The minimum atomic E-state index is -0.367. The molecule has 0 unspecified atom stereocenters. The standard InChI is InChI=1S/C16H14N2O2S/c1-10-6-7-12(21-10)9-17-15(19)13-8-11-4-2-3-5-14(11)18-16(13)20/h2-8H,9H2,1H3,(H,17,19)(H,18,20). The van der Waals surface area contributed by atoms with Gasteiger partial charge in [-0.25, -0.2) is 0 Å². The van der Waals surface area contributed by atoms with Gasteiger partial charge >= 0.3 is 0 Å². The number of thiophene rings is 1. The Morgan fingerprint density at radius 2 is 2.05 bits per heavy atom. The number of amides is 1. The lowest BCUT2D eigenvalue weighted by Gasteiger charge is -2.04. The van der Waals surface area contributed by atoms with Gasteiger partial charge in [0.25, 0.3) is 11.5 Å². The number of carbonyl (C=O) groups excluding carboxylic acids is 1. The molecule has 4 nitrogen and oxygen atoms in total. The summed E-state index contributed by atoms with van der Waals surface area (Å²) in [5.41, 5.74) is 0.503. The van der Waals surface area contributed by atoms with Crippen LogP contribution >= 0.6 is 11.3 Å². The number of fused-ring (bicyclic) bond motifs is 1. The van der Waals surface area contributed by atoms with E-state index < -0.39 is 0 Å². The quantitative estimate of drug-likeness (QED) is 0.781. The molecule has 0 saturated heterocycles. The number of hydrogen-bond donors (Lipinski definition) is 2. The molecular weight excluding hydrogens is 284 g/mol. The van der Waals surface area contributed by atoms with E-state index in [1.165, 1.54) is 4.88 Å². The van der Waals surface area contributed by atoms with Crippen LogP contribution in [0.25, 0.3) is 10.9 Å². The van der Waals surface area contributed by atoms with Gasteiger partial charge in [0.2, 0.25) is 0 Å². The fourth-order valence-electron chi connectivity index (χ4n) is 2.16. The molecule has 3 aromatic rings. The summed E-state index contributed by atoms with van der Waals surface area (Å²) in [6, 6.07) is 13.0. The Morgan fingerprint density at radius 3 is 2.81 bits per heavy atom. The summed E-state index contributed by atoms with van der Waals surface area (Å²) in [7, 11) is 0. The molecule has 0 aliphatic carbocycles. The lowest BCUT2D eigenvalue weighted by Crippen LogP contribution is -2.28. The van der Waals surface area contributed by atoms with E-state index in [0.717, 1.165) is 15.8 Å². The molecule has 0 fully saturated rings. The van der Waals surface area contributed by atoms with Gasteiger partial charge in [0.1, 0.15) is 5.56 Å². The molecule has 0 spiro atoms. The van der Waals surface area contributed by atoms with Crippen LogP contribution in [-0.2, 0) is 6.54 Å².